The number of oxazole rings is 1. The first-order valence-corrected chi connectivity index (χ1v) is 20.6. The lowest BCUT2D eigenvalue weighted by Crippen LogP contribution is -2.66. The first-order valence-electron chi connectivity index (χ1n) is 20.2. The zero-order chi connectivity index (χ0) is 42.6. The van der Waals surface area contributed by atoms with Crippen LogP contribution in [0.25, 0.3) is 33.7 Å². The van der Waals surface area contributed by atoms with Crippen molar-refractivity contribution in [2.75, 3.05) is 33.3 Å². The first-order chi connectivity index (χ1) is 29.1. The van der Waals surface area contributed by atoms with Crippen LogP contribution < -0.4 is 14.8 Å². The van der Waals surface area contributed by atoms with Gasteiger partial charge in [0.25, 0.3) is 0 Å². The van der Waals surface area contributed by atoms with E-state index in [-0.39, 0.29) is 75.2 Å². The third kappa shape index (κ3) is 6.97. The minimum atomic E-state index is -4.90. The molecule has 1 spiro atoms. The number of benzene rings is 3. The maximum absolute atomic E-state index is 14.8. The standard InChI is InChI=1S/C43H39ClF6N6O5/c1-59-39-30(18-55-19-41(20-55)14-12-33(58)54-41)51-37(43(48,49)50)40(53-39)60-32-11-9-23-22(4-2-5-24(23)32)26-6-3-7-27(35(26)44)38-52-29-16-28-25(34(36(29)61-38)42(45,46)47)8-10-31(28)56-15-13-21(57)17-56/h2-7,16,21,31-32,57H,8-15,17-20H2,1H3,(H,54,58)/t21-,31-,32+/m1/s1. The largest absolute Gasteiger partial charge is 0.480 e. The van der Waals surface area contributed by atoms with Crippen LogP contribution in [0.1, 0.15) is 83.5 Å². The van der Waals surface area contributed by atoms with Crippen molar-refractivity contribution in [3.05, 3.63) is 86.7 Å². The smallest absolute Gasteiger partial charge is 0.438 e. The number of β-amino-alcohol motifs (C(OH)–C–C–N with tert-alkyl or cyclic N) is 1. The Hall–Kier alpha value is -4.97. The van der Waals surface area contributed by atoms with Crippen LogP contribution >= 0.6 is 11.6 Å². The number of aliphatic hydroxyl groups is 1. The van der Waals surface area contributed by atoms with Crippen LogP contribution in [-0.4, -0.2) is 80.7 Å². The van der Waals surface area contributed by atoms with Gasteiger partial charge in [0.05, 0.1) is 29.3 Å². The number of rotatable bonds is 8. The van der Waals surface area contributed by atoms with Crippen molar-refractivity contribution in [3.8, 4) is 34.3 Å². The minimum absolute atomic E-state index is 0.00494. The Morgan fingerprint density at radius 1 is 0.918 bits per heavy atom. The fraction of sp³-hybridized carbons (Fsp3) is 0.442. The molecule has 1 amide bonds. The van der Waals surface area contributed by atoms with Crippen molar-refractivity contribution < 1.29 is 50.1 Å². The molecule has 3 atom stereocenters. The second kappa shape index (κ2) is 14.6. The van der Waals surface area contributed by atoms with Gasteiger partial charge in [-0.25, -0.2) is 9.97 Å². The second-order valence-electron chi connectivity index (χ2n) is 16.7. The first kappa shape index (κ1) is 40.1. The minimum Gasteiger partial charge on any atom is -0.480 e. The van der Waals surface area contributed by atoms with Gasteiger partial charge in [0.2, 0.25) is 29.3 Å². The number of aliphatic hydroxyl groups excluding tert-OH is 1. The molecule has 0 unspecified atom stereocenters. The van der Waals surface area contributed by atoms with E-state index in [1.54, 1.807) is 36.4 Å². The normalized spacial score (nSPS) is 22.5. The summed E-state index contributed by atoms with van der Waals surface area (Å²) in [5.41, 5.74) is 0.729. The molecule has 2 N–H and O–H groups in total. The van der Waals surface area contributed by atoms with E-state index >= 15 is 0 Å². The Kier molecular flexibility index (Phi) is 9.58. The van der Waals surface area contributed by atoms with E-state index in [2.05, 4.69) is 20.3 Å². The SMILES string of the molecule is COc1nc(O[C@H]2CCc3c(-c4cccc(-c5nc6cc7c(c(C(F)(F)F)c6o5)CC[C@H]7N5CC[C@@H](O)C5)c4Cl)cccc32)c(C(F)(F)F)nc1CN1CC2(CCC(=O)N2)C1. The van der Waals surface area contributed by atoms with E-state index in [0.717, 1.165) is 5.56 Å². The molecule has 3 aliphatic heterocycles. The molecule has 3 aromatic carbocycles. The predicted octanol–water partition coefficient (Wildman–Crippen LogP) is 8.24. The van der Waals surface area contributed by atoms with Crippen molar-refractivity contribution in [2.24, 2.45) is 0 Å². The topological polar surface area (TPSA) is 126 Å². The molecule has 2 aliphatic carbocycles. The van der Waals surface area contributed by atoms with Crippen LogP contribution in [0.2, 0.25) is 5.02 Å². The maximum atomic E-state index is 14.8. The van der Waals surface area contributed by atoms with Gasteiger partial charge in [-0.05, 0) is 78.5 Å². The van der Waals surface area contributed by atoms with Gasteiger partial charge in [0, 0.05) is 50.7 Å². The number of nitrogens with one attached hydrogen (secondary N) is 1. The molecular weight excluding hydrogens is 830 g/mol. The molecule has 0 bridgehead atoms. The summed E-state index contributed by atoms with van der Waals surface area (Å²) in [5.74, 6) is -0.956. The van der Waals surface area contributed by atoms with Crippen molar-refractivity contribution >= 4 is 28.6 Å². The van der Waals surface area contributed by atoms with E-state index in [0.29, 0.717) is 87.0 Å². The van der Waals surface area contributed by atoms with E-state index < -0.39 is 41.7 Å². The van der Waals surface area contributed by atoms with Crippen molar-refractivity contribution in [3.63, 3.8) is 0 Å². The van der Waals surface area contributed by atoms with Crippen molar-refractivity contribution in [1.29, 1.82) is 0 Å². The molecule has 5 aromatic rings. The number of ether oxygens (including phenoxy) is 2. The lowest BCUT2D eigenvalue weighted by Gasteiger charge is -2.47. The number of methoxy groups -OCH3 is 1. The van der Waals surface area contributed by atoms with E-state index in [4.69, 9.17) is 25.5 Å². The number of hydrogen-bond donors (Lipinski definition) is 2. The fourth-order valence-electron chi connectivity index (χ4n) is 10.1. The quantitative estimate of drug-likeness (QED) is 0.147. The van der Waals surface area contributed by atoms with Gasteiger partial charge in [-0.1, -0.05) is 41.9 Å². The Balaban J connectivity index is 0.950. The predicted molar refractivity (Wildman–Crippen MR) is 209 cm³/mol. The second-order valence-corrected chi connectivity index (χ2v) is 17.0. The highest BCUT2D eigenvalue weighted by molar-refractivity contribution is 6.36. The Morgan fingerprint density at radius 3 is 2.38 bits per heavy atom. The molecule has 2 aromatic heterocycles. The number of alkyl halides is 6. The van der Waals surface area contributed by atoms with E-state index in [1.807, 2.05) is 15.9 Å². The highest BCUT2D eigenvalue weighted by Gasteiger charge is 2.49. The number of aromatic nitrogens is 3. The highest BCUT2D eigenvalue weighted by atomic mass is 35.5. The summed E-state index contributed by atoms with van der Waals surface area (Å²) in [6, 6.07) is 11.7. The number of amides is 1. The van der Waals surface area contributed by atoms with Gasteiger partial charge < -0.3 is 24.3 Å². The van der Waals surface area contributed by atoms with Gasteiger partial charge in [-0.3, -0.25) is 14.6 Å². The fourth-order valence-corrected chi connectivity index (χ4v) is 10.4. The molecule has 5 aliphatic rings. The van der Waals surface area contributed by atoms with Crippen molar-refractivity contribution in [2.45, 2.75) is 87.6 Å². The average Bonchev–Trinajstić information content (AvgIpc) is 4.04. The van der Waals surface area contributed by atoms with Crippen LogP contribution in [0.4, 0.5) is 26.3 Å². The van der Waals surface area contributed by atoms with Crippen molar-refractivity contribution in [1.82, 2.24) is 30.1 Å². The van der Waals surface area contributed by atoms with Crippen LogP contribution in [0.15, 0.2) is 46.9 Å². The third-order valence-electron chi connectivity index (χ3n) is 12.8. The molecule has 11 nitrogen and oxygen atoms in total. The molecule has 0 radical (unpaired) electrons. The number of likely N-dealkylation sites (tertiary alicyclic amines) is 2. The molecule has 320 valence electrons. The van der Waals surface area contributed by atoms with Crippen LogP contribution in [0.5, 0.6) is 11.8 Å². The third-order valence-corrected chi connectivity index (χ3v) is 13.2. The lowest BCUT2D eigenvalue weighted by atomic mass is 9.88. The number of carbonyl (C=O) groups excluding carboxylic acids is 1. The Bertz CT molecular complexity index is 2590. The number of fused-ring (bicyclic) bond motifs is 3. The van der Waals surface area contributed by atoms with Crippen LogP contribution in [-0.2, 0) is 36.5 Å². The van der Waals surface area contributed by atoms with E-state index in [9.17, 15) is 36.2 Å². The molecule has 61 heavy (non-hydrogen) atoms. The summed E-state index contributed by atoms with van der Waals surface area (Å²) in [7, 11) is 1.30. The Morgan fingerprint density at radius 2 is 1.67 bits per heavy atom. The summed E-state index contributed by atoms with van der Waals surface area (Å²) in [6.07, 6.45) is -7.93. The van der Waals surface area contributed by atoms with Gasteiger partial charge in [0.15, 0.2) is 5.58 Å². The summed E-state index contributed by atoms with van der Waals surface area (Å²) in [4.78, 5) is 28.4. The van der Waals surface area contributed by atoms with Gasteiger partial charge in [-0.15, -0.1) is 0 Å². The summed E-state index contributed by atoms with van der Waals surface area (Å²) >= 11 is 7.08. The lowest BCUT2D eigenvalue weighted by molar-refractivity contribution is -0.143. The summed E-state index contributed by atoms with van der Waals surface area (Å²) in [6.45, 7) is 1.95. The average molecular weight is 869 g/mol. The highest BCUT2D eigenvalue weighted by Crippen LogP contribution is 2.50. The zero-order valence-electron chi connectivity index (χ0n) is 32.7. The monoisotopic (exact) mass is 868 g/mol. The van der Waals surface area contributed by atoms with Gasteiger partial charge >= 0.3 is 12.4 Å². The number of carbonyl (C=O) groups is 1. The zero-order valence-corrected chi connectivity index (χ0v) is 33.5. The molecule has 18 heteroatoms. The van der Waals surface area contributed by atoms with Crippen LogP contribution in [0, 0.1) is 0 Å². The molecule has 3 saturated heterocycles. The van der Waals surface area contributed by atoms with Crippen LogP contribution in [0.3, 0.4) is 0 Å². The van der Waals surface area contributed by atoms with Gasteiger partial charge in [0.1, 0.15) is 22.9 Å². The molecule has 5 heterocycles. The molecule has 10 rings (SSSR count). The van der Waals surface area contributed by atoms with Gasteiger partial charge in [-0.2, -0.15) is 31.3 Å². The number of halogens is 7. The van der Waals surface area contributed by atoms with E-state index in [1.165, 1.54) is 7.11 Å². The number of hydrogen-bond acceptors (Lipinski definition) is 10. The molecular formula is C43H39ClF6N6O5. The summed E-state index contributed by atoms with van der Waals surface area (Å²) < 4.78 is 106. The molecule has 0 saturated carbocycles. The molecule has 3 fully saturated rings. The summed E-state index contributed by atoms with van der Waals surface area (Å²) in [5, 5.41) is 13.3. The maximum Gasteiger partial charge on any atom is 0.438 e. The number of nitrogens with zero attached hydrogens (tertiary/aromatic N) is 5. The Labute approximate surface area is 350 Å².